The van der Waals surface area contributed by atoms with E-state index >= 15 is 0 Å². The lowest BCUT2D eigenvalue weighted by atomic mass is 10.0. The van der Waals surface area contributed by atoms with Crippen LogP contribution in [0.1, 0.15) is 48.2 Å². The molecule has 8 nitrogen and oxygen atoms in total. The Hall–Kier alpha value is -3.03. The highest BCUT2D eigenvalue weighted by molar-refractivity contribution is 5.91. The van der Waals surface area contributed by atoms with Gasteiger partial charge in [0, 0.05) is 58.3 Å². The third-order valence-corrected chi connectivity index (χ3v) is 5.05. The van der Waals surface area contributed by atoms with Gasteiger partial charge >= 0.3 is 0 Å². The van der Waals surface area contributed by atoms with Gasteiger partial charge in [-0.2, -0.15) is 0 Å². The highest BCUT2D eigenvalue weighted by atomic mass is 16.2. The molecule has 2 amide bonds. The summed E-state index contributed by atoms with van der Waals surface area (Å²) in [5, 5.41) is 0. The Kier molecular flexibility index (Phi) is 6.10. The Morgan fingerprint density at radius 2 is 2.00 bits per heavy atom. The maximum Gasteiger partial charge on any atom is 0.272 e. The van der Waals surface area contributed by atoms with Crippen molar-refractivity contribution >= 4 is 17.6 Å². The fourth-order valence-corrected chi connectivity index (χ4v) is 3.41. The monoisotopic (exact) mass is 396 g/mol. The first kappa shape index (κ1) is 20.7. The summed E-state index contributed by atoms with van der Waals surface area (Å²) in [4.78, 5) is 43.7. The van der Waals surface area contributed by atoms with Crippen LogP contribution in [-0.4, -0.2) is 70.3 Å². The van der Waals surface area contributed by atoms with Gasteiger partial charge in [-0.05, 0) is 26.0 Å². The zero-order valence-corrected chi connectivity index (χ0v) is 17.7. The van der Waals surface area contributed by atoms with Gasteiger partial charge in [0.15, 0.2) is 0 Å². The minimum absolute atomic E-state index is 0.0298. The maximum absolute atomic E-state index is 12.6. The Labute approximate surface area is 171 Å². The smallest absolute Gasteiger partial charge is 0.272 e. The minimum atomic E-state index is -0.187. The molecule has 1 saturated heterocycles. The SMILES string of the molecule is CC(C)N1C[C@H](c2cc(N(C)C)nc(CN(C)C(=O)c3ccccn3)n2)CC1=O. The topological polar surface area (TPSA) is 82.5 Å². The minimum Gasteiger partial charge on any atom is -0.363 e. The average molecular weight is 396 g/mol. The number of amides is 2. The van der Waals surface area contributed by atoms with E-state index in [-0.39, 0.29) is 30.3 Å². The van der Waals surface area contributed by atoms with E-state index in [0.29, 0.717) is 24.5 Å². The van der Waals surface area contributed by atoms with E-state index in [4.69, 9.17) is 4.98 Å². The number of nitrogens with zero attached hydrogens (tertiary/aromatic N) is 6. The van der Waals surface area contributed by atoms with Gasteiger partial charge in [-0.25, -0.2) is 9.97 Å². The van der Waals surface area contributed by atoms with E-state index < -0.39 is 0 Å². The van der Waals surface area contributed by atoms with Crippen molar-refractivity contribution in [2.24, 2.45) is 0 Å². The molecule has 1 aliphatic rings. The van der Waals surface area contributed by atoms with Crippen molar-refractivity contribution < 1.29 is 9.59 Å². The highest BCUT2D eigenvalue weighted by Gasteiger charge is 2.33. The first-order valence-corrected chi connectivity index (χ1v) is 9.77. The number of rotatable bonds is 6. The molecule has 0 radical (unpaired) electrons. The van der Waals surface area contributed by atoms with Crippen LogP contribution in [0.4, 0.5) is 5.82 Å². The zero-order valence-electron chi connectivity index (χ0n) is 17.7. The Balaban J connectivity index is 1.84. The van der Waals surface area contributed by atoms with E-state index in [1.54, 1.807) is 36.3 Å². The molecule has 2 aromatic rings. The zero-order chi connectivity index (χ0) is 21.1. The number of aromatic nitrogens is 3. The average Bonchev–Trinajstić information content (AvgIpc) is 3.09. The van der Waals surface area contributed by atoms with E-state index in [1.807, 2.05) is 43.8 Å². The number of hydrogen-bond acceptors (Lipinski definition) is 6. The normalized spacial score (nSPS) is 16.4. The first-order chi connectivity index (χ1) is 13.8. The number of likely N-dealkylation sites (tertiary alicyclic amines) is 1. The van der Waals surface area contributed by atoms with Crippen molar-refractivity contribution in [3.8, 4) is 0 Å². The van der Waals surface area contributed by atoms with Crippen molar-refractivity contribution in [1.29, 1.82) is 0 Å². The van der Waals surface area contributed by atoms with Gasteiger partial charge < -0.3 is 14.7 Å². The number of carbonyl (C=O) groups excluding carboxylic acids is 2. The van der Waals surface area contributed by atoms with E-state index in [2.05, 4.69) is 9.97 Å². The van der Waals surface area contributed by atoms with Crippen LogP contribution < -0.4 is 4.90 Å². The lowest BCUT2D eigenvalue weighted by Crippen LogP contribution is -2.32. The second-order valence-electron chi connectivity index (χ2n) is 7.88. The first-order valence-electron chi connectivity index (χ1n) is 9.77. The molecule has 0 aromatic carbocycles. The second-order valence-corrected chi connectivity index (χ2v) is 7.88. The predicted octanol–water partition coefficient (Wildman–Crippen LogP) is 1.93. The summed E-state index contributed by atoms with van der Waals surface area (Å²) in [5.74, 6) is 1.31. The van der Waals surface area contributed by atoms with Gasteiger partial charge in [-0.15, -0.1) is 0 Å². The van der Waals surface area contributed by atoms with Crippen LogP contribution >= 0.6 is 0 Å². The van der Waals surface area contributed by atoms with Gasteiger partial charge in [0.25, 0.3) is 5.91 Å². The van der Waals surface area contributed by atoms with Crippen molar-refractivity contribution in [1.82, 2.24) is 24.8 Å². The van der Waals surface area contributed by atoms with Crippen LogP contribution in [0, 0.1) is 0 Å². The summed E-state index contributed by atoms with van der Waals surface area (Å²) in [6.45, 7) is 4.96. The molecule has 0 saturated carbocycles. The summed E-state index contributed by atoms with van der Waals surface area (Å²) in [6, 6.07) is 7.35. The van der Waals surface area contributed by atoms with E-state index in [1.165, 1.54) is 0 Å². The summed E-state index contributed by atoms with van der Waals surface area (Å²) >= 11 is 0. The molecule has 1 fully saturated rings. The highest BCUT2D eigenvalue weighted by Crippen LogP contribution is 2.29. The largest absolute Gasteiger partial charge is 0.363 e. The van der Waals surface area contributed by atoms with Gasteiger partial charge in [-0.1, -0.05) is 6.07 Å². The summed E-state index contributed by atoms with van der Waals surface area (Å²) in [5.41, 5.74) is 1.22. The molecule has 3 heterocycles. The molecule has 8 heteroatoms. The number of anilines is 1. The van der Waals surface area contributed by atoms with Gasteiger partial charge in [0.2, 0.25) is 5.91 Å². The van der Waals surface area contributed by atoms with Crippen LogP contribution in [0.25, 0.3) is 0 Å². The Bertz CT molecular complexity index is 884. The third-order valence-electron chi connectivity index (χ3n) is 5.05. The van der Waals surface area contributed by atoms with Crippen molar-refractivity contribution in [2.75, 3.05) is 32.6 Å². The molecule has 0 N–H and O–H groups in total. The summed E-state index contributed by atoms with van der Waals surface area (Å²) in [7, 11) is 5.54. The van der Waals surface area contributed by atoms with Crippen LogP contribution in [0.3, 0.4) is 0 Å². The molecule has 1 atom stereocenters. The molecule has 3 rings (SSSR count). The second kappa shape index (κ2) is 8.55. The van der Waals surface area contributed by atoms with Crippen LogP contribution in [0.2, 0.25) is 0 Å². The van der Waals surface area contributed by atoms with Gasteiger partial charge in [0.1, 0.15) is 17.3 Å². The molecule has 2 aromatic heterocycles. The molecule has 0 spiro atoms. The predicted molar refractivity (Wildman–Crippen MR) is 111 cm³/mol. The van der Waals surface area contributed by atoms with Crippen molar-refractivity contribution in [2.45, 2.75) is 38.8 Å². The van der Waals surface area contributed by atoms with Crippen LogP contribution in [-0.2, 0) is 11.3 Å². The maximum atomic E-state index is 12.6. The molecule has 0 bridgehead atoms. The molecular weight excluding hydrogens is 368 g/mol. The standard InChI is InChI=1S/C21H28N6O2/c1-14(2)27-12-15(10-20(27)28)17-11-19(25(3)4)24-18(23-17)13-26(5)21(29)16-8-6-7-9-22-16/h6-9,11,14-15H,10,12-13H2,1-5H3/t15-/m1/s1. The molecule has 29 heavy (non-hydrogen) atoms. The number of pyridine rings is 1. The van der Waals surface area contributed by atoms with Crippen molar-refractivity contribution in [3.63, 3.8) is 0 Å². The van der Waals surface area contributed by atoms with Gasteiger partial charge in [-0.3, -0.25) is 14.6 Å². The number of carbonyl (C=O) groups is 2. The number of hydrogen-bond donors (Lipinski definition) is 0. The molecule has 0 unspecified atom stereocenters. The Morgan fingerprint density at radius 3 is 2.59 bits per heavy atom. The lowest BCUT2D eigenvalue weighted by molar-refractivity contribution is -0.129. The molecule has 1 aliphatic heterocycles. The third kappa shape index (κ3) is 4.70. The fraction of sp³-hybridized carbons (Fsp3) is 0.476. The van der Waals surface area contributed by atoms with Crippen LogP contribution in [0.5, 0.6) is 0 Å². The van der Waals surface area contributed by atoms with E-state index in [9.17, 15) is 9.59 Å². The fourth-order valence-electron chi connectivity index (χ4n) is 3.41. The van der Waals surface area contributed by atoms with Crippen molar-refractivity contribution in [3.05, 3.63) is 47.7 Å². The molecule has 154 valence electrons. The molecule has 0 aliphatic carbocycles. The quantitative estimate of drug-likeness (QED) is 0.742. The molecular formula is C21H28N6O2. The summed E-state index contributed by atoms with van der Waals surface area (Å²) < 4.78 is 0. The van der Waals surface area contributed by atoms with Crippen LogP contribution in [0.15, 0.2) is 30.5 Å². The Morgan fingerprint density at radius 1 is 1.24 bits per heavy atom. The van der Waals surface area contributed by atoms with E-state index in [0.717, 1.165) is 11.5 Å². The summed E-state index contributed by atoms with van der Waals surface area (Å²) in [6.07, 6.45) is 2.05. The van der Waals surface area contributed by atoms with Gasteiger partial charge in [0.05, 0.1) is 12.2 Å². The lowest BCUT2D eigenvalue weighted by Gasteiger charge is -2.22.